The van der Waals surface area contributed by atoms with E-state index in [0.717, 1.165) is 5.39 Å². The zero-order valence-electron chi connectivity index (χ0n) is 7.02. The van der Waals surface area contributed by atoms with E-state index in [4.69, 9.17) is 5.26 Å². The van der Waals surface area contributed by atoms with Gasteiger partial charge in [0.2, 0.25) is 0 Å². The van der Waals surface area contributed by atoms with E-state index in [9.17, 15) is 10.1 Å². The third-order valence-corrected chi connectivity index (χ3v) is 2.01. The molecule has 0 amide bonds. The first-order chi connectivity index (χ1) is 6.74. The van der Waals surface area contributed by atoms with E-state index in [2.05, 4.69) is 4.98 Å². The molecule has 1 aromatic heterocycles. The van der Waals surface area contributed by atoms with E-state index in [1.54, 1.807) is 18.3 Å². The number of nitrogens with zero attached hydrogens (tertiary/aromatic N) is 2. The van der Waals surface area contributed by atoms with Crippen molar-refractivity contribution in [2.45, 2.75) is 0 Å². The molecular formula is C9H5N3O2. The van der Waals surface area contributed by atoms with E-state index in [1.165, 1.54) is 6.07 Å². The minimum absolute atomic E-state index is 0.0810. The van der Waals surface area contributed by atoms with Crippen molar-refractivity contribution < 1.29 is 4.92 Å². The number of H-pyrrole nitrogens is 1. The van der Waals surface area contributed by atoms with Crippen molar-refractivity contribution in [3.63, 3.8) is 0 Å². The summed E-state index contributed by atoms with van der Waals surface area (Å²) in [5.41, 5.74) is 0.432. The van der Waals surface area contributed by atoms with Gasteiger partial charge in [-0.25, -0.2) is 0 Å². The van der Waals surface area contributed by atoms with Gasteiger partial charge in [-0.05, 0) is 12.1 Å². The van der Waals surface area contributed by atoms with E-state index < -0.39 is 4.92 Å². The highest BCUT2D eigenvalue weighted by Crippen LogP contribution is 2.25. The van der Waals surface area contributed by atoms with E-state index >= 15 is 0 Å². The maximum absolute atomic E-state index is 10.6. The zero-order chi connectivity index (χ0) is 10.1. The maximum atomic E-state index is 10.6. The molecule has 2 rings (SSSR count). The number of nitriles is 1. The standard InChI is InChI=1S/C9H5N3O2/c10-5-7-8(12(13)14)2-1-6-3-4-11-9(6)7/h1-4,11H. The molecule has 0 radical (unpaired) electrons. The molecule has 0 saturated carbocycles. The Morgan fingerprint density at radius 2 is 2.21 bits per heavy atom. The minimum atomic E-state index is -0.557. The number of hydrogen-bond donors (Lipinski definition) is 1. The van der Waals surface area contributed by atoms with Crippen LogP contribution in [0.2, 0.25) is 0 Å². The molecule has 0 aliphatic rings. The predicted octanol–water partition coefficient (Wildman–Crippen LogP) is 1.95. The van der Waals surface area contributed by atoms with Gasteiger partial charge in [0.25, 0.3) is 5.69 Å². The second-order valence-electron chi connectivity index (χ2n) is 2.77. The number of aromatic amines is 1. The summed E-state index contributed by atoms with van der Waals surface area (Å²) in [5, 5.41) is 20.2. The van der Waals surface area contributed by atoms with E-state index in [1.807, 2.05) is 6.07 Å². The van der Waals surface area contributed by atoms with Gasteiger partial charge in [0.05, 0.1) is 10.4 Å². The number of nitro groups is 1. The molecule has 0 unspecified atom stereocenters. The Kier molecular flexibility index (Phi) is 1.68. The van der Waals surface area contributed by atoms with Crippen LogP contribution < -0.4 is 0 Å². The smallest absolute Gasteiger partial charge is 0.289 e. The number of hydrogen-bond acceptors (Lipinski definition) is 3. The first-order valence-electron chi connectivity index (χ1n) is 3.88. The van der Waals surface area contributed by atoms with Crippen molar-refractivity contribution in [3.8, 4) is 6.07 Å². The highest BCUT2D eigenvalue weighted by Gasteiger charge is 2.16. The van der Waals surface area contributed by atoms with Crippen molar-refractivity contribution >= 4 is 16.6 Å². The molecule has 0 bridgehead atoms. The van der Waals surface area contributed by atoms with Crippen LogP contribution in [0.4, 0.5) is 5.69 Å². The number of nitro benzene ring substituents is 1. The van der Waals surface area contributed by atoms with Gasteiger partial charge in [0, 0.05) is 17.6 Å². The van der Waals surface area contributed by atoms with Crippen molar-refractivity contribution in [2.24, 2.45) is 0 Å². The van der Waals surface area contributed by atoms with Crippen molar-refractivity contribution in [2.75, 3.05) is 0 Å². The third-order valence-electron chi connectivity index (χ3n) is 2.01. The van der Waals surface area contributed by atoms with Gasteiger partial charge in [-0.2, -0.15) is 5.26 Å². The maximum Gasteiger partial charge on any atom is 0.289 e. The van der Waals surface area contributed by atoms with Crippen LogP contribution in [0.25, 0.3) is 10.9 Å². The topological polar surface area (TPSA) is 82.7 Å². The molecule has 2 aromatic rings. The van der Waals surface area contributed by atoms with Gasteiger partial charge in [-0.3, -0.25) is 10.1 Å². The summed E-state index contributed by atoms with van der Waals surface area (Å²) in [7, 11) is 0. The van der Waals surface area contributed by atoms with Crippen molar-refractivity contribution in [3.05, 3.63) is 40.1 Å². The van der Waals surface area contributed by atoms with Crippen molar-refractivity contribution in [1.29, 1.82) is 5.26 Å². The number of fused-ring (bicyclic) bond motifs is 1. The first kappa shape index (κ1) is 8.26. The lowest BCUT2D eigenvalue weighted by molar-refractivity contribution is -0.385. The average Bonchev–Trinajstić information content (AvgIpc) is 2.63. The van der Waals surface area contributed by atoms with Gasteiger partial charge < -0.3 is 4.98 Å². The molecule has 0 aliphatic heterocycles. The summed E-state index contributed by atoms with van der Waals surface area (Å²) < 4.78 is 0. The summed E-state index contributed by atoms with van der Waals surface area (Å²) in [6.45, 7) is 0. The number of aromatic nitrogens is 1. The molecule has 14 heavy (non-hydrogen) atoms. The zero-order valence-corrected chi connectivity index (χ0v) is 7.02. The second kappa shape index (κ2) is 2.85. The Labute approximate surface area is 78.7 Å². The molecule has 0 atom stereocenters. The summed E-state index contributed by atoms with van der Waals surface area (Å²) in [5.74, 6) is 0. The Morgan fingerprint density at radius 1 is 1.43 bits per heavy atom. The number of nitrogens with one attached hydrogen (secondary N) is 1. The van der Waals surface area contributed by atoms with Crippen LogP contribution in [0.1, 0.15) is 5.56 Å². The van der Waals surface area contributed by atoms with Crippen LogP contribution in [-0.2, 0) is 0 Å². The molecule has 1 heterocycles. The van der Waals surface area contributed by atoms with Gasteiger partial charge in [0.15, 0.2) is 5.56 Å². The SMILES string of the molecule is N#Cc1c([N+](=O)[O-])ccc2cc[nH]c12. The van der Waals surface area contributed by atoms with E-state index in [0.29, 0.717) is 5.52 Å². The average molecular weight is 187 g/mol. The first-order valence-corrected chi connectivity index (χ1v) is 3.88. The monoisotopic (exact) mass is 187 g/mol. The van der Waals surface area contributed by atoms with Gasteiger partial charge in [-0.15, -0.1) is 0 Å². The molecule has 1 N–H and O–H groups in total. The molecular weight excluding hydrogens is 182 g/mol. The Bertz CT molecular complexity index is 551. The minimum Gasteiger partial charge on any atom is -0.360 e. The summed E-state index contributed by atoms with van der Waals surface area (Å²) in [6, 6.07) is 6.55. The normalized spacial score (nSPS) is 9.93. The Hall–Kier alpha value is -2.35. The lowest BCUT2D eigenvalue weighted by Crippen LogP contribution is -1.92. The molecule has 68 valence electrons. The molecule has 0 aliphatic carbocycles. The molecule has 0 spiro atoms. The van der Waals surface area contributed by atoms with Crippen LogP contribution in [0.5, 0.6) is 0 Å². The van der Waals surface area contributed by atoms with E-state index in [-0.39, 0.29) is 11.3 Å². The fraction of sp³-hybridized carbons (Fsp3) is 0. The van der Waals surface area contributed by atoms with Crippen LogP contribution >= 0.6 is 0 Å². The molecule has 1 aromatic carbocycles. The Balaban J connectivity index is 2.87. The second-order valence-corrected chi connectivity index (χ2v) is 2.77. The fourth-order valence-electron chi connectivity index (χ4n) is 1.38. The van der Waals surface area contributed by atoms with Gasteiger partial charge in [-0.1, -0.05) is 0 Å². The number of rotatable bonds is 1. The van der Waals surface area contributed by atoms with Crippen LogP contribution in [0.15, 0.2) is 24.4 Å². The van der Waals surface area contributed by atoms with Crippen molar-refractivity contribution in [1.82, 2.24) is 4.98 Å². The van der Waals surface area contributed by atoms with Gasteiger partial charge >= 0.3 is 0 Å². The lowest BCUT2D eigenvalue weighted by atomic mass is 10.1. The molecule has 0 saturated heterocycles. The summed E-state index contributed by atoms with van der Waals surface area (Å²) in [4.78, 5) is 12.8. The summed E-state index contributed by atoms with van der Waals surface area (Å²) in [6.07, 6.45) is 1.65. The Morgan fingerprint density at radius 3 is 2.86 bits per heavy atom. The fourth-order valence-corrected chi connectivity index (χ4v) is 1.38. The lowest BCUT2D eigenvalue weighted by Gasteiger charge is -1.95. The van der Waals surface area contributed by atoms with Crippen LogP contribution in [0.3, 0.4) is 0 Å². The number of benzene rings is 1. The molecule has 5 nitrogen and oxygen atoms in total. The molecule has 5 heteroatoms. The third kappa shape index (κ3) is 1.02. The van der Waals surface area contributed by atoms with Crippen LogP contribution in [0, 0.1) is 21.4 Å². The van der Waals surface area contributed by atoms with Gasteiger partial charge in [0.1, 0.15) is 6.07 Å². The predicted molar refractivity (Wildman–Crippen MR) is 49.7 cm³/mol. The highest BCUT2D eigenvalue weighted by atomic mass is 16.6. The largest absolute Gasteiger partial charge is 0.360 e. The highest BCUT2D eigenvalue weighted by molar-refractivity contribution is 5.88. The quantitative estimate of drug-likeness (QED) is 0.547. The van der Waals surface area contributed by atoms with Crippen LogP contribution in [-0.4, -0.2) is 9.91 Å². The summed E-state index contributed by atoms with van der Waals surface area (Å²) >= 11 is 0. The molecule has 0 fully saturated rings.